The van der Waals surface area contributed by atoms with Gasteiger partial charge in [-0.15, -0.1) is 0 Å². The number of fused-ring (bicyclic) bond motifs is 2. The third-order valence-corrected chi connectivity index (χ3v) is 4.19. The molecule has 1 aromatic rings. The molecule has 3 heteroatoms. The molecule has 2 unspecified atom stereocenters. The van der Waals surface area contributed by atoms with E-state index in [2.05, 4.69) is 20.8 Å². The van der Waals surface area contributed by atoms with E-state index >= 15 is 0 Å². The van der Waals surface area contributed by atoms with E-state index in [0.717, 1.165) is 37.2 Å². The SMILES string of the molecule is Cc1c2c(c(CCCO)c3c1OC(C)C3)OC(C)C2. The summed E-state index contributed by atoms with van der Waals surface area (Å²) in [5.74, 6) is 2.16. The summed E-state index contributed by atoms with van der Waals surface area (Å²) in [5.41, 5.74) is 5.16. The third kappa shape index (κ3) is 2.00. The molecule has 0 aromatic heterocycles. The van der Waals surface area contributed by atoms with Gasteiger partial charge in [-0.05, 0) is 39.2 Å². The van der Waals surface area contributed by atoms with Crippen molar-refractivity contribution in [2.75, 3.05) is 6.61 Å². The number of benzene rings is 1. The van der Waals surface area contributed by atoms with Crippen LogP contribution < -0.4 is 9.47 Å². The Bertz CT molecular complexity index is 468. The van der Waals surface area contributed by atoms with Crippen LogP contribution in [-0.4, -0.2) is 23.9 Å². The molecule has 2 atom stereocenters. The smallest absolute Gasteiger partial charge is 0.127 e. The lowest BCUT2D eigenvalue weighted by Gasteiger charge is -2.15. The predicted molar refractivity (Wildman–Crippen MR) is 74.2 cm³/mol. The first-order chi connectivity index (χ1) is 9.11. The van der Waals surface area contributed by atoms with Crippen LogP contribution in [0.15, 0.2) is 0 Å². The molecule has 1 aromatic carbocycles. The number of aliphatic hydroxyl groups is 1. The summed E-state index contributed by atoms with van der Waals surface area (Å²) >= 11 is 0. The lowest BCUT2D eigenvalue weighted by Crippen LogP contribution is -2.08. The van der Waals surface area contributed by atoms with Gasteiger partial charge >= 0.3 is 0 Å². The molecule has 0 amide bonds. The van der Waals surface area contributed by atoms with Gasteiger partial charge in [-0.2, -0.15) is 0 Å². The predicted octanol–water partition coefficient (Wildman–Crippen LogP) is 2.57. The van der Waals surface area contributed by atoms with Crippen LogP contribution in [0.3, 0.4) is 0 Å². The molecule has 3 rings (SSSR count). The molecule has 19 heavy (non-hydrogen) atoms. The first-order valence-electron chi connectivity index (χ1n) is 7.23. The van der Waals surface area contributed by atoms with Crippen molar-refractivity contribution in [3.8, 4) is 11.5 Å². The summed E-state index contributed by atoms with van der Waals surface area (Å²) < 4.78 is 12.0. The van der Waals surface area contributed by atoms with E-state index in [9.17, 15) is 0 Å². The van der Waals surface area contributed by atoms with Crippen LogP contribution in [0.1, 0.15) is 42.5 Å². The Hall–Kier alpha value is -1.22. The molecule has 104 valence electrons. The Labute approximate surface area is 114 Å². The van der Waals surface area contributed by atoms with Gasteiger partial charge in [0.15, 0.2) is 0 Å². The van der Waals surface area contributed by atoms with Crippen LogP contribution in [0.5, 0.6) is 11.5 Å². The molecular weight excluding hydrogens is 240 g/mol. The van der Waals surface area contributed by atoms with Crippen LogP contribution in [0.2, 0.25) is 0 Å². The Kier molecular flexibility index (Phi) is 3.17. The second-order valence-corrected chi connectivity index (χ2v) is 5.81. The van der Waals surface area contributed by atoms with Gasteiger partial charge in [0.1, 0.15) is 23.7 Å². The minimum atomic E-state index is 0.226. The topological polar surface area (TPSA) is 38.7 Å². The highest BCUT2D eigenvalue weighted by Gasteiger charge is 2.33. The maximum absolute atomic E-state index is 9.11. The number of hydrogen-bond acceptors (Lipinski definition) is 3. The van der Waals surface area contributed by atoms with E-state index in [1.54, 1.807) is 0 Å². The lowest BCUT2D eigenvalue weighted by atomic mass is 9.91. The fraction of sp³-hybridized carbons (Fsp3) is 0.625. The Morgan fingerprint density at radius 3 is 2.37 bits per heavy atom. The number of rotatable bonds is 3. The first-order valence-corrected chi connectivity index (χ1v) is 7.23. The normalized spacial score (nSPS) is 23.8. The van der Waals surface area contributed by atoms with Gasteiger partial charge < -0.3 is 14.6 Å². The fourth-order valence-electron chi connectivity index (χ4n) is 3.33. The molecule has 0 bridgehead atoms. The van der Waals surface area contributed by atoms with Crippen molar-refractivity contribution in [3.05, 3.63) is 22.3 Å². The maximum atomic E-state index is 9.11. The minimum Gasteiger partial charge on any atom is -0.490 e. The third-order valence-electron chi connectivity index (χ3n) is 4.19. The van der Waals surface area contributed by atoms with Gasteiger partial charge in [-0.3, -0.25) is 0 Å². The van der Waals surface area contributed by atoms with Gasteiger partial charge in [0.2, 0.25) is 0 Å². The van der Waals surface area contributed by atoms with Crippen molar-refractivity contribution in [2.24, 2.45) is 0 Å². The lowest BCUT2D eigenvalue weighted by molar-refractivity contribution is 0.250. The van der Waals surface area contributed by atoms with E-state index in [0.29, 0.717) is 0 Å². The molecule has 0 spiro atoms. The molecule has 0 aliphatic carbocycles. The zero-order chi connectivity index (χ0) is 13.6. The van der Waals surface area contributed by atoms with E-state index < -0.39 is 0 Å². The molecule has 0 radical (unpaired) electrons. The minimum absolute atomic E-state index is 0.226. The first kappa shape index (κ1) is 12.8. The Balaban J connectivity index is 2.12. The van der Waals surface area contributed by atoms with Crippen molar-refractivity contribution >= 4 is 0 Å². The molecule has 3 nitrogen and oxygen atoms in total. The molecule has 0 saturated heterocycles. The summed E-state index contributed by atoms with van der Waals surface area (Å²) in [6, 6.07) is 0. The van der Waals surface area contributed by atoms with Gasteiger partial charge in [-0.25, -0.2) is 0 Å². The number of ether oxygens (including phenoxy) is 2. The van der Waals surface area contributed by atoms with Crippen molar-refractivity contribution in [3.63, 3.8) is 0 Å². The van der Waals surface area contributed by atoms with Crippen molar-refractivity contribution in [1.82, 2.24) is 0 Å². The molecule has 1 N–H and O–H groups in total. The second-order valence-electron chi connectivity index (χ2n) is 5.81. The average Bonchev–Trinajstić information content (AvgIpc) is 2.93. The monoisotopic (exact) mass is 262 g/mol. The van der Waals surface area contributed by atoms with Crippen molar-refractivity contribution in [2.45, 2.75) is 58.7 Å². The second kappa shape index (κ2) is 4.71. The van der Waals surface area contributed by atoms with Gasteiger partial charge in [-0.1, -0.05) is 0 Å². The van der Waals surface area contributed by atoms with Gasteiger partial charge in [0.25, 0.3) is 0 Å². The maximum Gasteiger partial charge on any atom is 0.127 e. The highest BCUT2D eigenvalue weighted by Crippen LogP contribution is 2.46. The summed E-state index contributed by atoms with van der Waals surface area (Å²) in [7, 11) is 0. The zero-order valence-corrected chi connectivity index (χ0v) is 12.0. The highest BCUT2D eigenvalue weighted by molar-refractivity contribution is 5.62. The van der Waals surface area contributed by atoms with Crippen LogP contribution in [0.25, 0.3) is 0 Å². The molecule has 2 aliphatic rings. The van der Waals surface area contributed by atoms with Crippen molar-refractivity contribution < 1.29 is 14.6 Å². The zero-order valence-electron chi connectivity index (χ0n) is 12.0. The summed E-state index contributed by atoms with van der Waals surface area (Å²) in [5, 5.41) is 9.11. The molecule has 0 fully saturated rings. The molecule has 0 saturated carbocycles. The fourth-order valence-corrected chi connectivity index (χ4v) is 3.33. The van der Waals surface area contributed by atoms with Crippen molar-refractivity contribution in [1.29, 1.82) is 0 Å². The Morgan fingerprint density at radius 1 is 1.05 bits per heavy atom. The largest absolute Gasteiger partial charge is 0.490 e. The number of aliphatic hydroxyl groups excluding tert-OH is 1. The summed E-state index contributed by atoms with van der Waals surface area (Å²) in [6.45, 7) is 6.60. The summed E-state index contributed by atoms with van der Waals surface area (Å²) in [6.07, 6.45) is 4.10. The van der Waals surface area contributed by atoms with Gasteiger partial charge in [0, 0.05) is 36.1 Å². The van der Waals surface area contributed by atoms with E-state index in [1.807, 2.05) is 0 Å². The summed E-state index contributed by atoms with van der Waals surface area (Å²) in [4.78, 5) is 0. The standard InChI is InChI=1S/C16H22O3/c1-9-7-13-11(3)15-14(8-10(2)18-15)12(5-4-6-17)16(13)19-9/h9-10,17H,4-8H2,1-3H3. The average molecular weight is 262 g/mol. The Morgan fingerprint density at radius 2 is 1.68 bits per heavy atom. The van der Waals surface area contributed by atoms with Crippen LogP contribution in [0.4, 0.5) is 0 Å². The van der Waals surface area contributed by atoms with Crippen LogP contribution in [0, 0.1) is 6.92 Å². The van der Waals surface area contributed by atoms with E-state index in [-0.39, 0.29) is 18.8 Å². The quantitative estimate of drug-likeness (QED) is 0.910. The number of hydrogen-bond donors (Lipinski definition) is 1. The molecular formula is C16H22O3. The molecule has 2 heterocycles. The van der Waals surface area contributed by atoms with E-state index in [1.165, 1.54) is 22.3 Å². The highest BCUT2D eigenvalue weighted by atomic mass is 16.5. The van der Waals surface area contributed by atoms with E-state index in [4.69, 9.17) is 14.6 Å². The van der Waals surface area contributed by atoms with Gasteiger partial charge in [0.05, 0.1) is 0 Å². The molecule has 2 aliphatic heterocycles. The van der Waals surface area contributed by atoms with Crippen LogP contribution >= 0.6 is 0 Å². The van der Waals surface area contributed by atoms with Crippen LogP contribution in [-0.2, 0) is 19.3 Å².